The monoisotopic (exact) mass is 419 g/mol. The number of piperidine rings is 1. The number of fused-ring (bicyclic) bond motifs is 1. The minimum absolute atomic E-state index is 0.121. The predicted octanol–water partition coefficient (Wildman–Crippen LogP) is 2.38. The van der Waals surface area contributed by atoms with Crippen molar-refractivity contribution in [1.29, 1.82) is 0 Å². The molecule has 8 heteroatoms. The van der Waals surface area contributed by atoms with Gasteiger partial charge in [-0.2, -0.15) is 0 Å². The van der Waals surface area contributed by atoms with Gasteiger partial charge in [-0.25, -0.2) is 15.0 Å². The van der Waals surface area contributed by atoms with E-state index in [4.69, 9.17) is 10.7 Å². The lowest BCUT2D eigenvalue weighted by atomic mass is 10.0. The van der Waals surface area contributed by atoms with Crippen LogP contribution in [0.1, 0.15) is 34.5 Å². The van der Waals surface area contributed by atoms with Gasteiger partial charge in [-0.15, -0.1) is 0 Å². The van der Waals surface area contributed by atoms with Crippen molar-refractivity contribution in [3.8, 4) is 0 Å². The van der Waals surface area contributed by atoms with E-state index in [1.54, 1.807) is 0 Å². The second-order valence-corrected chi connectivity index (χ2v) is 8.24. The average Bonchev–Trinajstić information content (AvgIpc) is 2.77. The summed E-state index contributed by atoms with van der Waals surface area (Å²) in [5, 5.41) is 4.00. The van der Waals surface area contributed by atoms with Crippen LogP contribution in [0, 0.1) is 6.92 Å². The van der Waals surface area contributed by atoms with Crippen molar-refractivity contribution in [2.45, 2.75) is 32.4 Å². The number of para-hydroxylation sites is 1. The Morgan fingerprint density at radius 2 is 2.00 bits per heavy atom. The van der Waals surface area contributed by atoms with Crippen molar-refractivity contribution in [3.63, 3.8) is 0 Å². The van der Waals surface area contributed by atoms with Crippen LogP contribution in [0.15, 0.2) is 36.7 Å². The molecule has 1 aromatic carbocycles. The van der Waals surface area contributed by atoms with Crippen LogP contribution in [0.25, 0.3) is 10.9 Å². The number of hydrogen-bond donors (Lipinski definition) is 2. The summed E-state index contributed by atoms with van der Waals surface area (Å²) in [4.78, 5) is 30.3. The van der Waals surface area contributed by atoms with Crippen LogP contribution in [0.3, 0.4) is 0 Å². The molecular formula is C23H29N7O. The number of pyridine rings is 1. The van der Waals surface area contributed by atoms with Crippen LogP contribution in [-0.4, -0.2) is 59.0 Å². The molecule has 31 heavy (non-hydrogen) atoms. The molecule has 162 valence electrons. The maximum Gasteiger partial charge on any atom is 0.273 e. The van der Waals surface area contributed by atoms with Gasteiger partial charge < -0.3 is 20.9 Å². The highest BCUT2D eigenvalue weighted by Crippen LogP contribution is 2.28. The van der Waals surface area contributed by atoms with Crippen LogP contribution in [-0.2, 0) is 6.54 Å². The number of amides is 1. The summed E-state index contributed by atoms with van der Waals surface area (Å²) in [6.45, 7) is 4.55. The number of nitrogens with two attached hydrogens (primary N) is 1. The van der Waals surface area contributed by atoms with Crippen LogP contribution in [0.2, 0.25) is 0 Å². The number of carbonyl (C=O) groups is 1. The molecule has 1 saturated heterocycles. The number of aromatic nitrogens is 3. The summed E-state index contributed by atoms with van der Waals surface area (Å²) >= 11 is 0. The molecule has 8 nitrogen and oxygen atoms in total. The van der Waals surface area contributed by atoms with Crippen LogP contribution < -0.4 is 16.0 Å². The fraction of sp³-hybridized carbons (Fsp3) is 0.391. The Morgan fingerprint density at radius 3 is 2.74 bits per heavy atom. The molecule has 1 amide bonds. The Hall–Kier alpha value is -3.26. The highest BCUT2D eigenvalue weighted by Gasteiger charge is 2.24. The maximum absolute atomic E-state index is 12.6. The Balaban J connectivity index is 1.65. The van der Waals surface area contributed by atoms with Gasteiger partial charge >= 0.3 is 0 Å². The summed E-state index contributed by atoms with van der Waals surface area (Å²) in [5.41, 5.74) is 9.04. The molecule has 3 heterocycles. The number of carbonyl (C=O) groups excluding carboxylic acids is 1. The zero-order valence-corrected chi connectivity index (χ0v) is 18.3. The summed E-state index contributed by atoms with van der Waals surface area (Å²) < 4.78 is 0. The average molecular weight is 420 g/mol. The van der Waals surface area contributed by atoms with Crippen molar-refractivity contribution in [2.75, 3.05) is 37.8 Å². The third-order valence-electron chi connectivity index (χ3n) is 6.05. The zero-order valence-electron chi connectivity index (χ0n) is 18.3. The number of hydrogen-bond acceptors (Lipinski definition) is 7. The van der Waals surface area contributed by atoms with E-state index in [0.717, 1.165) is 53.8 Å². The third kappa shape index (κ3) is 4.44. The smallest absolute Gasteiger partial charge is 0.273 e. The molecule has 0 unspecified atom stereocenters. The largest absolute Gasteiger partial charge is 0.382 e. The molecule has 0 bridgehead atoms. The lowest BCUT2D eigenvalue weighted by molar-refractivity contribution is 0.0946. The molecule has 2 aromatic heterocycles. The number of aryl methyl sites for hydroxylation is 1. The van der Waals surface area contributed by atoms with Crippen LogP contribution in [0.5, 0.6) is 0 Å². The van der Waals surface area contributed by atoms with E-state index >= 15 is 0 Å². The van der Waals surface area contributed by atoms with Crippen molar-refractivity contribution in [3.05, 3.63) is 53.5 Å². The highest BCUT2D eigenvalue weighted by atomic mass is 16.1. The number of anilines is 2. The molecule has 1 aliphatic heterocycles. The molecule has 0 radical (unpaired) electrons. The van der Waals surface area contributed by atoms with Gasteiger partial charge in [0.15, 0.2) is 11.5 Å². The molecule has 0 aliphatic carbocycles. The fourth-order valence-electron chi connectivity index (χ4n) is 4.15. The third-order valence-corrected chi connectivity index (χ3v) is 6.05. The Morgan fingerprint density at radius 1 is 1.26 bits per heavy atom. The summed E-state index contributed by atoms with van der Waals surface area (Å²) in [6, 6.07) is 8.70. The maximum atomic E-state index is 12.6. The normalized spacial score (nSPS) is 15.2. The molecule has 0 spiro atoms. The number of benzene rings is 1. The second-order valence-electron chi connectivity index (χ2n) is 8.24. The standard InChI is InChI=1S/C23H29N7O/c1-15-5-4-6-16-13-17(14-27-23(31)20-21(24)26-10-9-25-20)22(28-19(15)16)30(3)18-7-11-29(2)12-8-18/h4-6,9-10,13,18H,7-8,11-12,14H2,1-3H3,(H2,24,26)(H,27,31). The first kappa shape index (κ1) is 21.0. The van der Waals surface area contributed by atoms with E-state index in [2.05, 4.69) is 64.3 Å². The van der Waals surface area contributed by atoms with Gasteiger partial charge in [0.05, 0.1) is 5.52 Å². The predicted molar refractivity (Wildman–Crippen MR) is 123 cm³/mol. The number of rotatable bonds is 5. The quantitative estimate of drug-likeness (QED) is 0.655. The van der Waals surface area contributed by atoms with Crippen molar-refractivity contribution in [2.24, 2.45) is 0 Å². The van der Waals surface area contributed by atoms with Gasteiger partial charge in [0, 0.05) is 43.0 Å². The first-order chi connectivity index (χ1) is 14.9. The Labute approximate surface area is 182 Å². The number of nitrogens with zero attached hydrogens (tertiary/aromatic N) is 5. The molecule has 0 atom stereocenters. The first-order valence-corrected chi connectivity index (χ1v) is 10.6. The van der Waals surface area contributed by atoms with E-state index in [1.165, 1.54) is 12.4 Å². The van der Waals surface area contributed by atoms with Gasteiger partial charge in [0.1, 0.15) is 5.82 Å². The lowest BCUT2D eigenvalue weighted by Gasteiger charge is -2.36. The Bertz CT molecular complexity index is 1090. The van der Waals surface area contributed by atoms with Gasteiger partial charge in [-0.05, 0) is 51.5 Å². The molecular weight excluding hydrogens is 390 g/mol. The molecule has 3 N–H and O–H groups in total. The highest BCUT2D eigenvalue weighted by molar-refractivity contribution is 5.96. The molecule has 3 aromatic rings. The minimum Gasteiger partial charge on any atom is -0.382 e. The zero-order chi connectivity index (χ0) is 22.0. The minimum atomic E-state index is -0.345. The topological polar surface area (TPSA) is 100 Å². The SMILES string of the molecule is Cc1cccc2cc(CNC(=O)c3nccnc3N)c(N(C)C3CCN(C)CC3)nc12. The summed E-state index contributed by atoms with van der Waals surface area (Å²) in [6.07, 6.45) is 5.10. The molecule has 1 aliphatic rings. The van der Waals surface area contributed by atoms with Gasteiger partial charge in [-0.1, -0.05) is 18.2 Å². The number of nitrogen functional groups attached to an aromatic ring is 1. The van der Waals surface area contributed by atoms with Crippen molar-refractivity contribution in [1.82, 2.24) is 25.2 Å². The summed E-state index contributed by atoms with van der Waals surface area (Å²) in [7, 11) is 4.27. The van der Waals surface area contributed by atoms with Crippen LogP contribution >= 0.6 is 0 Å². The first-order valence-electron chi connectivity index (χ1n) is 10.6. The summed E-state index contributed by atoms with van der Waals surface area (Å²) in [5.74, 6) is 0.683. The number of nitrogens with one attached hydrogen (secondary N) is 1. The molecule has 4 rings (SSSR count). The van der Waals surface area contributed by atoms with Gasteiger partial charge in [0.25, 0.3) is 5.91 Å². The van der Waals surface area contributed by atoms with E-state index < -0.39 is 0 Å². The second kappa shape index (κ2) is 8.85. The van der Waals surface area contributed by atoms with E-state index in [0.29, 0.717) is 12.6 Å². The van der Waals surface area contributed by atoms with E-state index in [9.17, 15) is 4.79 Å². The molecule has 0 saturated carbocycles. The molecule has 1 fully saturated rings. The van der Waals surface area contributed by atoms with Gasteiger partial charge in [0.2, 0.25) is 0 Å². The van der Waals surface area contributed by atoms with E-state index in [1.807, 2.05) is 6.07 Å². The van der Waals surface area contributed by atoms with Crippen molar-refractivity contribution < 1.29 is 4.79 Å². The number of likely N-dealkylation sites (tertiary alicyclic amines) is 1. The Kier molecular flexibility index (Phi) is 5.99. The van der Waals surface area contributed by atoms with Crippen molar-refractivity contribution >= 4 is 28.4 Å². The van der Waals surface area contributed by atoms with Crippen LogP contribution in [0.4, 0.5) is 11.6 Å². The van der Waals surface area contributed by atoms with E-state index in [-0.39, 0.29) is 17.4 Å². The lowest BCUT2D eigenvalue weighted by Crippen LogP contribution is -2.42. The fourth-order valence-corrected chi connectivity index (χ4v) is 4.15. The van der Waals surface area contributed by atoms with Gasteiger partial charge in [-0.3, -0.25) is 4.79 Å².